The third kappa shape index (κ3) is 1.39. The van der Waals surface area contributed by atoms with Gasteiger partial charge in [-0.25, -0.2) is 5.32 Å². The molecule has 0 fully saturated rings. The fourth-order valence-corrected chi connectivity index (χ4v) is 1.58. The highest BCUT2D eigenvalue weighted by atomic mass is 35.5. The molecule has 0 saturated carbocycles. The molecule has 1 radical (unpaired) electrons. The largest absolute Gasteiger partial charge is 0.237 e. The first-order valence-corrected chi connectivity index (χ1v) is 4.14. The highest BCUT2D eigenvalue weighted by Gasteiger charge is 2.08. The van der Waals surface area contributed by atoms with E-state index in [9.17, 15) is 0 Å². The van der Waals surface area contributed by atoms with Gasteiger partial charge in [0.15, 0.2) is 0 Å². The van der Waals surface area contributed by atoms with Crippen LogP contribution in [0.25, 0.3) is 0 Å². The predicted molar refractivity (Wildman–Crippen MR) is 45.9 cm³/mol. The highest BCUT2D eigenvalue weighted by Crippen LogP contribution is 2.18. The summed E-state index contributed by atoms with van der Waals surface area (Å²) in [5, 5.41) is 5.12. The van der Waals surface area contributed by atoms with E-state index in [2.05, 4.69) is 11.4 Å². The first-order chi connectivity index (χ1) is 5.36. The smallest absolute Gasteiger partial charge is 0.0409 e. The van der Waals surface area contributed by atoms with Crippen LogP contribution in [0.5, 0.6) is 0 Å². The summed E-state index contributed by atoms with van der Waals surface area (Å²) < 4.78 is 0. The molecule has 0 atom stereocenters. The Hall–Kier alpha value is -0.530. The summed E-state index contributed by atoms with van der Waals surface area (Å²) in [6, 6.07) is 6.07. The minimum absolute atomic E-state index is 0.820. The van der Waals surface area contributed by atoms with Crippen molar-refractivity contribution in [2.45, 2.75) is 13.0 Å². The molecule has 1 aromatic rings. The van der Waals surface area contributed by atoms with Gasteiger partial charge in [0.25, 0.3) is 0 Å². The zero-order valence-electron chi connectivity index (χ0n) is 6.18. The van der Waals surface area contributed by atoms with Crippen molar-refractivity contribution in [3.8, 4) is 0 Å². The number of rotatable bonds is 0. The fourth-order valence-electron chi connectivity index (χ4n) is 1.38. The number of nitrogens with zero attached hydrogens (tertiary/aromatic N) is 1. The molecule has 0 aliphatic carbocycles. The molecular formula is C9H9ClN. The summed E-state index contributed by atoms with van der Waals surface area (Å²) in [4.78, 5) is 0. The van der Waals surface area contributed by atoms with E-state index in [1.54, 1.807) is 0 Å². The first kappa shape index (κ1) is 7.14. The van der Waals surface area contributed by atoms with Gasteiger partial charge >= 0.3 is 0 Å². The van der Waals surface area contributed by atoms with Crippen molar-refractivity contribution in [1.29, 1.82) is 0 Å². The topological polar surface area (TPSA) is 14.1 Å². The monoisotopic (exact) mass is 166 g/mol. The van der Waals surface area contributed by atoms with Crippen LogP contribution in [-0.2, 0) is 13.0 Å². The van der Waals surface area contributed by atoms with Crippen LogP contribution in [0.1, 0.15) is 11.1 Å². The Labute approximate surface area is 71.4 Å². The van der Waals surface area contributed by atoms with Crippen molar-refractivity contribution in [3.05, 3.63) is 34.3 Å². The molecule has 0 bridgehead atoms. The molecule has 1 aliphatic rings. The Bertz CT molecular complexity index is 270. The van der Waals surface area contributed by atoms with Crippen molar-refractivity contribution in [2.24, 2.45) is 0 Å². The molecule has 1 aliphatic heterocycles. The van der Waals surface area contributed by atoms with Gasteiger partial charge in [0, 0.05) is 18.1 Å². The summed E-state index contributed by atoms with van der Waals surface area (Å²) >= 11 is 5.83. The molecule has 57 valence electrons. The third-order valence-electron chi connectivity index (χ3n) is 1.99. The summed E-state index contributed by atoms with van der Waals surface area (Å²) in [5.74, 6) is 0. The molecule has 0 spiro atoms. The number of fused-ring (bicyclic) bond motifs is 1. The Kier molecular flexibility index (Phi) is 1.84. The van der Waals surface area contributed by atoms with Crippen molar-refractivity contribution in [3.63, 3.8) is 0 Å². The highest BCUT2D eigenvalue weighted by molar-refractivity contribution is 6.30. The molecule has 0 N–H and O–H groups in total. The van der Waals surface area contributed by atoms with Gasteiger partial charge in [0.05, 0.1) is 0 Å². The van der Waals surface area contributed by atoms with Crippen LogP contribution < -0.4 is 5.32 Å². The van der Waals surface area contributed by atoms with E-state index in [0.717, 1.165) is 24.5 Å². The van der Waals surface area contributed by atoms with Gasteiger partial charge in [0.1, 0.15) is 0 Å². The van der Waals surface area contributed by atoms with Crippen molar-refractivity contribution in [2.75, 3.05) is 6.54 Å². The zero-order valence-corrected chi connectivity index (χ0v) is 6.93. The van der Waals surface area contributed by atoms with Gasteiger partial charge in [-0.15, -0.1) is 0 Å². The van der Waals surface area contributed by atoms with Gasteiger partial charge < -0.3 is 0 Å². The van der Waals surface area contributed by atoms with Gasteiger partial charge in [-0.05, 0) is 29.7 Å². The lowest BCUT2D eigenvalue weighted by atomic mass is 10.0. The minimum atomic E-state index is 0.820. The molecule has 0 unspecified atom stereocenters. The van der Waals surface area contributed by atoms with Gasteiger partial charge in [0.2, 0.25) is 0 Å². The molecule has 11 heavy (non-hydrogen) atoms. The van der Waals surface area contributed by atoms with Gasteiger partial charge in [-0.2, -0.15) is 0 Å². The molecule has 2 rings (SSSR count). The van der Waals surface area contributed by atoms with Crippen LogP contribution in [0.15, 0.2) is 18.2 Å². The second kappa shape index (κ2) is 2.84. The summed E-state index contributed by atoms with van der Waals surface area (Å²) in [7, 11) is 0. The maximum Gasteiger partial charge on any atom is 0.0409 e. The van der Waals surface area contributed by atoms with Gasteiger partial charge in [-0.1, -0.05) is 17.7 Å². The van der Waals surface area contributed by atoms with Crippen LogP contribution in [0.3, 0.4) is 0 Å². The maximum atomic E-state index is 5.83. The molecule has 1 aromatic carbocycles. The molecule has 1 nitrogen and oxygen atoms in total. The third-order valence-corrected chi connectivity index (χ3v) is 2.22. The minimum Gasteiger partial charge on any atom is -0.237 e. The molecule has 0 aromatic heterocycles. The van der Waals surface area contributed by atoms with Crippen LogP contribution in [0, 0.1) is 0 Å². The van der Waals surface area contributed by atoms with Crippen LogP contribution in [0.4, 0.5) is 0 Å². The van der Waals surface area contributed by atoms with Crippen LogP contribution >= 0.6 is 11.6 Å². The lowest BCUT2D eigenvalue weighted by Crippen LogP contribution is -2.17. The zero-order chi connectivity index (χ0) is 7.68. The number of hydrogen-bond donors (Lipinski definition) is 0. The number of halogens is 1. The first-order valence-electron chi connectivity index (χ1n) is 3.77. The summed E-state index contributed by atoms with van der Waals surface area (Å²) in [5.41, 5.74) is 2.70. The Morgan fingerprint density at radius 1 is 1.27 bits per heavy atom. The summed E-state index contributed by atoms with van der Waals surface area (Å²) in [6.07, 6.45) is 1.08. The van der Waals surface area contributed by atoms with Gasteiger partial charge in [-0.3, -0.25) is 0 Å². The molecule has 0 amide bonds. The molecular weight excluding hydrogens is 158 g/mol. The Morgan fingerprint density at radius 2 is 2.18 bits per heavy atom. The van der Waals surface area contributed by atoms with E-state index in [1.807, 2.05) is 12.1 Å². The SMILES string of the molecule is Clc1ccc2c(c1)C[N]CC2. The lowest BCUT2D eigenvalue weighted by molar-refractivity contribution is 0.630. The average molecular weight is 167 g/mol. The van der Waals surface area contributed by atoms with E-state index in [0.29, 0.717) is 0 Å². The normalized spacial score (nSPS) is 16.1. The van der Waals surface area contributed by atoms with E-state index in [-0.39, 0.29) is 0 Å². The Balaban J connectivity index is 2.43. The lowest BCUT2D eigenvalue weighted by Gasteiger charge is -2.14. The second-order valence-corrected chi connectivity index (χ2v) is 3.20. The van der Waals surface area contributed by atoms with Crippen molar-refractivity contribution < 1.29 is 0 Å². The molecule has 1 heterocycles. The quantitative estimate of drug-likeness (QED) is 0.560. The molecule has 2 heteroatoms. The number of hydrogen-bond acceptors (Lipinski definition) is 0. The maximum absolute atomic E-state index is 5.83. The van der Waals surface area contributed by atoms with Crippen LogP contribution in [0.2, 0.25) is 5.02 Å². The van der Waals surface area contributed by atoms with E-state index >= 15 is 0 Å². The average Bonchev–Trinajstić information content (AvgIpc) is 2.04. The van der Waals surface area contributed by atoms with E-state index in [4.69, 9.17) is 11.6 Å². The predicted octanol–water partition coefficient (Wildman–Crippen LogP) is 2.00. The fraction of sp³-hybridized carbons (Fsp3) is 0.333. The number of benzene rings is 1. The van der Waals surface area contributed by atoms with Crippen LogP contribution in [-0.4, -0.2) is 6.54 Å². The van der Waals surface area contributed by atoms with Crippen molar-refractivity contribution in [1.82, 2.24) is 5.32 Å². The van der Waals surface area contributed by atoms with E-state index < -0.39 is 0 Å². The summed E-state index contributed by atoms with van der Waals surface area (Å²) in [6.45, 7) is 1.81. The Morgan fingerprint density at radius 3 is 3.09 bits per heavy atom. The van der Waals surface area contributed by atoms with Crippen molar-refractivity contribution >= 4 is 11.6 Å². The van der Waals surface area contributed by atoms with E-state index in [1.165, 1.54) is 11.1 Å². The standard InChI is InChI=1S/C9H9ClN/c10-9-2-1-7-3-4-11-6-8(7)5-9/h1-2,5H,3-4,6H2. The second-order valence-electron chi connectivity index (χ2n) is 2.77. The molecule has 0 saturated heterocycles.